The third kappa shape index (κ3) is 4.97. The monoisotopic (exact) mass is 383 g/mol. The van der Waals surface area contributed by atoms with Gasteiger partial charge < -0.3 is 5.32 Å². The lowest BCUT2D eigenvalue weighted by Gasteiger charge is -2.16. The zero-order chi connectivity index (χ0) is 13.1. The molecule has 1 N–H and O–H groups in total. The second-order valence-corrected chi connectivity index (χ2v) is 8.04. The molecule has 0 spiro atoms. The molecule has 3 nitrogen and oxygen atoms in total. The van der Waals surface area contributed by atoms with E-state index in [1.165, 1.54) is 0 Å². The molecule has 0 amide bonds. The zero-order valence-corrected chi connectivity index (χ0v) is 13.7. The summed E-state index contributed by atoms with van der Waals surface area (Å²) in [4.78, 5) is 0. The molecule has 0 heterocycles. The number of hydrogen-bond acceptors (Lipinski definition) is 3. The molecule has 17 heavy (non-hydrogen) atoms. The van der Waals surface area contributed by atoms with E-state index in [0.29, 0.717) is 0 Å². The maximum Gasteiger partial charge on any atom is 0.152 e. The van der Waals surface area contributed by atoms with E-state index in [2.05, 4.69) is 37.2 Å². The minimum Gasteiger partial charge on any atom is -0.381 e. The molecule has 0 aliphatic rings. The second kappa shape index (κ2) is 6.20. The average Bonchev–Trinajstić information content (AvgIpc) is 2.23. The Morgan fingerprint density at radius 3 is 2.59 bits per heavy atom. The van der Waals surface area contributed by atoms with E-state index < -0.39 is 9.84 Å². The zero-order valence-electron chi connectivity index (χ0n) is 9.70. The number of rotatable bonds is 5. The molecule has 1 aromatic carbocycles. The number of benzene rings is 1. The smallest absolute Gasteiger partial charge is 0.152 e. The molecule has 0 fully saturated rings. The maximum atomic E-state index is 11.5. The van der Waals surface area contributed by atoms with Crippen molar-refractivity contribution in [1.29, 1.82) is 0 Å². The van der Waals surface area contributed by atoms with Gasteiger partial charge in [-0.15, -0.1) is 0 Å². The van der Waals surface area contributed by atoms with Crippen LogP contribution in [0.15, 0.2) is 27.1 Å². The first-order valence-electron chi connectivity index (χ1n) is 5.26. The van der Waals surface area contributed by atoms with Crippen LogP contribution in [0.1, 0.15) is 13.8 Å². The Labute approximate surface area is 119 Å². The van der Waals surface area contributed by atoms with Crippen molar-refractivity contribution in [3.63, 3.8) is 0 Å². The predicted octanol–water partition coefficient (Wildman–Crippen LogP) is 3.45. The topological polar surface area (TPSA) is 46.2 Å². The second-order valence-electron chi connectivity index (χ2n) is 3.87. The third-order valence-corrected chi connectivity index (χ3v) is 5.35. The van der Waals surface area contributed by atoms with Crippen molar-refractivity contribution >= 4 is 47.4 Å². The largest absolute Gasteiger partial charge is 0.381 e. The molecule has 0 aromatic heterocycles. The van der Waals surface area contributed by atoms with Gasteiger partial charge in [-0.3, -0.25) is 0 Å². The van der Waals surface area contributed by atoms with Gasteiger partial charge in [0.25, 0.3) is 0 Å². The standard InChI is InChI=1S/C11H15Br2NO2S/c1-3-17(15,16)7-8(2)14-11-6-9(12)4-5-10(11)13/h4-6,8,14H,3,7H2,1-2H3. The molecule has 96 valence electrons. The highest BCUT2D eigenvalue weighted by molar-refractivity contribution is 9.11. The Hall–Kier alpha value is -0.0700. The fourth-order valence-corrected chi connectivity index (χ4v) is 3.22. The van der Waals surface area contributed by atoms with Crippen molar-refractivity contribution in [2.75, 3.05) is 16.8 Å². The van der Waals surface area contributed by atoms with Crippen LogP contribution in [0.4, 0.5) is 5.69 Å². The SMILES string of the molecule is CCS(=O)(=O)CC(C)Nc1cc(Br)ccc1Br. The highest BCUT2D eigenvalue weighted by Crippen LogP contribution is 2.26. The summed E-state index contributed by atoms with van der Waals surface area (Å²) < 4.78 is 24.9. The highest BCUT2D eigenvalue weighted by Gasteiger charge is 2.14. The molecule has 0 aliphatic heterocycles. The summed E-state index contributed by atoms with van der Waals surface area (Å²) in [6.45, 7) is 3.53. The first-order chi connectivity index (χ1) is 7.84. The van der Waals surface area contributed by atoms with Crippen molar-refractivity contribution in [1.82, 2.24) is 0 Å². The number of sulfone groups is 1. The van der Waals surface area contributed by atoms with E-state index in [1.807, 2.05) is 25.1 Å². The van der Waals surface area contributed by atoms with Gasteiger partial charge >= 0.3 is 0 Å². The van der Waals surface area contributed by atoms with Crippen molar-refractivity contribution in [2.45, 2.75) is 19.9 Å². The lowest BCUT2D eigenvalue weighted by atomic mass is 10.3. The van der Waals surface area contributed by atoms with Gasteiger partial charge in [0.05, 0.1) is 5.75 Å². The fourth-order valence-electron chi connectivity index (χ4n) is 1.41. The number of halogens is 2. The van der Waals surface area contributed by atoms with Crippen LogP contribution >= 0.6 is 31.9 Å². The fraction of sp³-hybridized carbons (Fsp3) is 0.455. The van der Waals surface area contributed by atoms with Gasteiger partial charge in [0.1, 0.15) is 0 Å². The van der Waals surface area contributed by atoms with Crippen molar-refractivity contribution in [3.05, 3.63) is 27.1 Å². The van der Waals surface area contributed by atoms with Crippen molar-refractivity contribution < 1.29 is 8.42 Å². The van der Waals surface area contributed by atoms with Gasteiger partial charge in [-0.2, -0.15) is 0 Å². The average molecular weight is 385 g/mol. The molecule has 0 aliphatic carbocycles. The maximum absolute atomic E-state index is 11.5. The van der Waals surface area contributed by atoms with Crippen LogP contribution < -0.4 is 5.32 Å². The Morgan fingerprint density at radius 2 is 2.00 bits per heavy atom. The van der Waals surface area contributed by atoms with Gasteiger partial charge in [-0.1, -0.05) is 22.9 Å². The Balaban J connectivity index is 2.74. The molecule has 0 saturated heterocycles. The summed E-state index contributed by atoms with van der Waals surface area (Å²) in [6.07, 6.45) is 0. The molecule has 1 unspecified atom stereocenters. The Morgan fingerprint density at radius 1 is 1.35 bits per heavy atom. The Kier molecular flexibility index (Phi) is 5.47. The van der Waals surface area contributed by atoms with E-state index in [-0.39, 0.29) is 17.5 Å². The van der Waals surface area contributed by atoms with Crippen LogP contribution in [-0.4, -0.2) is 26.0 Å². The van der Waals surface area contributed by atoms with Crippen LogP contribution in [0.3, 0.4) is 0 Å². The summed E-state index contributed by atoms with van der Waals surface area (Å²) in [5.74, 6) is 0.321. The van der Waals surface area contributed by atoms with Crippen LogP contribution in [0, 0.1) is 0 Å². The molecule has 6 heteroatoms. The number of nitrogens with one attached hydrogen (secondary N) is 1. The molecule has 1 atom stereocenters. The highest BCUT2D eigenvalue weighted by atomic mass is 79.9. The summed E-state index contributed by atoms with van der Waals surface area (Å²) in [7, 11) is -2.95. The number of hydrogen-bond donors (Lipinski definition) is 1. The van der Waals surface area contributed by atoms with Crippen LogP contribution in [0.5, 0.6) is 0 Å². The first kappa shape index (κ1) is 15.0. The summed E-state index contributed by atoms with van der Waals surface area (Å²) in [6, 6.07) is 5.63. The summed E-state index contributed by atoms with van der Waals surface area (Å²) in [5.41, 5.74) is 0.887. The van der Waals surface area contributed by atoms with E-state index in [9.17, 15) is 8.42 Å². The molecule has 1 aromatic rings. The molecular formula is C11H15Br2NO2S. The Bertz CT molecular complexity index is 488. The van der Waals surface area contributed by atoms with Crippen molar-refractivity contribution in [2.24, 2.45) is 0 Å². The van der Waals surface area contributed by atoms with Gasteiger partial charge in [0.15, 0.2) is 9.84 Å². The van der Waals surface area contributed by atoms with E-state index >= 15 is 0 Å². The number of anilines is 1. The van der Waals surface area contributed by atoms with Crippen LogP contribution in [0.2, 0.25) is 0 Å². The lowest BCUT2D eigenvalue weighted by Crippen LogP contribution is -2.26. The van der Waals surface area contributed by atoms with Crippen molar-refractivity contribution in [3.8, 4) is 0 Å². The van der Waals surface area contributed by atoms with E-state index in [4.69, 9.17) is 0 Å². The van der Waals surface area contributed by atoms with Gasteiger partial charge in [0, 0.05) is 26.4 Å². The van der Waals surface area contributed by atoms with E-state index in [1.54, 1.807) is 6.92 Å². The van der Waals surface area contributed by atoms with E-state index in [0.717, 1.165) is 14.6 Å². The van der Waals surface area contributed by atoms with Gasteiger partial charge in [-0.05, 0) is 41.1 Å². The summed E-state index contributed by atoms with van der Waals surface area (Å²) >= 11 is 6.81. The molecular weight excluding hydrogens is 370 g/mol. The first-order valence-corrected chi connectivity index (χ1v) is 8.67. The molecule has 0 radical (unpaired) electrons. The van der Waals surface area contributed by atoms with Crippen LogP contribution in [-0.2, 0) is 9.84 Å². The lowest BCUT2D eigenvalue weighted by molar-refractivity contribution is 0.593. The quantitative estimate of drug-likeness (QED) is 0.845. The third-order valence-electron chi connectivity index (χ3n) is 2.27. The van der Waals surface area contributed by atoms with Gasteiger partial charge in [0.2, 0.25) is 0 Å². The minimum atomic E-state index is -2.95. The normalized spacial score (nSPS) is 13.4. The van der Waals surface area contributed by atoms with Crippen LogP contribution in [0.25, 0.3) is 0 Å². The molecule has 0 saturated carbocycles. The molecule has 0 bridgehead atoms. The molecule has 1 rings (SSSR count). The van der Waals surface area contributed by atoms with Gasteiger partial charge in [-0.25, -0.2) is 8.42 Å². The predicted molar refractivity (Wildman–Crippen MR) is 79.3 cm³/mol. The summed E-state index contributed by atoms with van der Waals surface area (Å²) in [5, 5.41) is 3.19. The minimum absolute atomic E-state index is 0.120.